The summed E-state index contributed by atoms with van der Waals surface area (Å²) < 4.78 is 11.4. The number of rotatable bonds is 12. The number of furan rings is 1. The molecule has 1 aromatic rings. The van der Waals surface area contributed by atoms with Crippen molar-refractivity contribution in [2.24, 2.45) is 11.8 Å². The first-order valence-electron chi connectivity index (χ1n) is 8.50. The van der Waals surface area contributed by atoms with E-state index in [1.165, 1.54) is 31.2 Å². The second-order valence-corrected chi connectivity index (χ2v) is 6.38. The average molecular weight is 295 g/mol. The molecule has 1 heterocycles. The van der Waals surface area contributed by atoms with Crippen molar-refractivity contribution in [3.8, 4) is 0 Å². The van der Waals surface area contributed by atoms with Crippen LogP contribution in [0.15, 0.2) is 16.7 Å². The highest BCUT2D eigenvalue weighted by Gasteiger charge is 2.07. The van der Waals surface area contributed by atoms with Crippen molar-refractivity contribution < 1.29 is 9.15 Å². The van der Waals surface area contributed by atoms with Crippen LogP contribution in [0.2, 0.25) is 0 Å². The van der Waals surface area contributed by atoms with Gasteiger partial charge in [-0.25, -0.2) is 0 Å². The molecule has 0 saturated heterocycles. The number of nitrogens with one attached hydrogen (secondary N) is 1. The second-order valence-electron chi connectivity index (χ2n) is 6.38. The predicted octanol–water partition coefficient (Wildman–Crippen LogP) is 4.76. The highest BCUT2D eigenvalue weighted by Crippen LogP contribution is 2.15. The fourth-order valence-corrected chi connectivity index (χ4v) is 2.32. The van der Waals surface area contributed by atoms with Crippen LogP contribution in [0.5, 0.6) is 0 Å². The lowest BCUT2D eigenvalue weighted by Crippen LogP contribution is -2.18. The van der Waals surface area contributed by atoms with Gasteiger partial charge in [0, 0.05) is 18.7 Å². The number of unbranched alkanes of at least 4 members (excludes halogenated alkanes) is 1. The van der Waals surface area contributed by atoms with Crippen molar-refractivity contribution in [1.82, 2.24) is 5.32 Å². The number of ether oxygens (including phenoxy) is 1. The van der Waals surface area contributed by atoms with Crippen LogP contribution in [-0.2, 0) is 17.9 Å². The largest absolute Gasteiger partial charge is 0.467 e. The van der Waals surface area contributed by atoms with Gasteiger partial charge in [0.25, 0.3) is 0 Å². The Morgan fingerprint density at radius 1 is 1.29 bits per heavy atom. The van der Waals surface area contributed by atoms with E-state index in [-0.39, 0.29) is 0 Å². The quantitative estimate of drug-likeness (QED) is 0.604. The zero-order valence-corrected chi connectivity index (χ0v) is 14.3. The van der Waals surface area contributed by atoms with Crippen LogP contribution in [0.1, 0.15) is 64.7 Å². The molecule has 0 radical (unpaired) electrons. The second kappa shape index (κ2) is 10.9. The van der Waals surface area contributed by atoms with Gasteiger partial charge in [-0.05, 0) is 30.9 Å². The Balaban J connectivity index is 2.21. The normalized spacial score (nSPS) is 13.0. The maximum absolute atomic E-state index is 5.81. The minimum absolute atomic E-state index is 0.590. The predicted molar refractivity (Wildman–Crippen MR) is 88.2 cm³/mol. The molecule has 1 aromatic heterocycles. The van der Waals surface area contributed by atoms with E-state index in [0.29, 0.717) is 18.4 Å². The Kier molecular flexibility index (Phi) is 9.44. The lowest BCUT2D eigenvalue weighted by atomic mass is 10.0. The van der Waals surface area contributed by atoms with Crippen LogP contribution in [0.25, 0.3) is 0 Å². The highest BCUT2D eigenvalue weighted by molar-refractivity contribution is 5.12. The summed E-state index contributed by atoms with van der Waals surface area (Å²) in [7, 11) is 0. The first-order chi connectivity index (χ1) is 10.2. The molecule has 3 heteroatoms. The summed E-state index contributed by atoms with van der Waals surface area (Å²) in [6, 6.07) is 2.10. The Morgan fingerprint density at radius 2 is 2.10 bits per heavy atom. The molecule has 1 rings (SSSR count). The van der Waals surface area contributed by atoms with E-state index in [1.807, 2.05) is 6.26 Å². The van der Waals surface area contributed by atoms with Crippen molar-refractivity contribution in [2.75, 3.05) is 13.2 Å². The molecule has 0 saturated carbocycles. The van der Waals surface area contributed by atoms with E-state index < -0.39 is 0 Å². The van der Waals surface area contributed by atoms with Crippen LogP contribution in [-0.4, -0.2) is 13.2 Å². The lowest BCUT2D eigenvalue weighted by molar-refractivity contribution is 0.0709. The zero-order chi connectivity index (χ0) is 15.5. The Labute approximate surface area is 130 Å². The number of hydrogen-bond acceptors (Lipinski definition) is 3. The fraction of sp³-hybridized carbons (Fsp3) is 0.778. The van der Waals surface area contributed by atoms with Gasteiger partial charge in [0.2, 0.25) is 0 Å². The zero-order valence-electron chi connectivity index (χ0n) is 14.3. The summed E-state index contributed by atoms with van der Waals surface area (Å²) in [5, 5.41) is 3.42. The van der Waals surface area contributed by atoms with Crippen LogP contribution >= 0.6 is 0 Å². The molecular weight excluding hydrogens is 262 g/mol. The van der Waals surface area contributed by atoms with E-state index in [1.54, 1.807) is 0 Å². The monoisotopic (exact) mass is 295 g/mol. The van der Waals surface area contributed by atoms with Crippen LogP contribution in [0.4, 0.5) is 0 Å². The Bertz CT molecular complexity index is 360. The molecule has 0 aliphatic heterocycles. The Hall–Kier alpha value is -0.800. The summed E-state index contributed by atoms with van der Waals surface area (Å²) in [5.41, 5.74) is 1.20. The summed E-state index contributed by atoms with van der Waals surface area (Å²) in [6.07, 6.45) is 6.87. The molecular formula is C18H33NO2. The molecule has 21 heavy (non-hydrogen) atoms. The maximum atomic E-state index is 5.81. The maximum Gasteiger partial charge on any atom is 0.129 e. The van der Waals surface area contributed by atoms with Gasteiger partial charge < -0.3 is 14.5 Å². The third kappa shape index (κ3) is 8.27. The topological polar surface area (TPSA) is 34.4 Å². The molecule has 0 amide bonds. The van der Waals surface area contributed by atoms with E-state index in [9.17, 15) is 0 Å². The third-order valence-electron chi connectivity index (χ3n) is 3.73. The lowest BCUT2D eigenvalue weighted by Gasteiger charge is -2.13. The van der Waals surface area contributed by atoms with Crippen LogP contribution in [0, 0.1) is 11.8 Å². The van der Waals surface area contributed by atoms with Gasteiger partial charge in [-0.15, -0.1) is 0 Å². The molecule has 0 bridgehead atoms. The summed E-state index contributed by atoms with van der Waals surface area (Å²) in [6.45, 7) is 12.3. The first-order valence-corrected chi connectivity index (χ1v) is 8.50. The summed E-state index contributed by atoms with van der Waals surface area (Å²) in [4.78, 5) is 0. The van der Waals surface area contributed by atoms with Gasteiger partial charge in [0.15, 0.2) is 0 Å². The molecule has 1 N–H and O–H groups in total. The molecule has 122 valence electrons. The molecule has 1 unspecified atom stereocenters. The van der Waals surface area contributed by atoms with Crippen molar-refractivity contribution in [3.05, 3.63) is 23.7 Å². The van der Waals surface area contributed by atoms with Crippen molar-refractivity contribution in [1.29, 1.82) is 0 Å². The van der Waals surface area contributed by atoms with Crippen LogP contribution < -0.4 is 5.32 Å². The minimum atomic E-state index is 0.590. The average Bonchev–Trinajstić information content (AvgIpc) is 2.90. The van der Waals surface area contributed by atoms with Crippen molar-refractivity contribution >= 4 is 0 Å². The molecule has 0 spiro atoms. The van der Waals surface area contributed by atoms with Crippen molar-refractivity contribution in [2.45, 2.75) is 66.5 Å². The summed E-state index contributed by atoms with van der Waals surface area (Å²) >= 11 is 0. The van der Waals surface area contributed by atoms with E-state index in [0.717, 1.165) is 25.5 Å². The molecule has 1 atom stereocenters. The van der Waals surface area contributed by atoms with Gasteiger partial charge in [-0.3, -0.25) is 0 Å². The fourth-order valence-electron chi connectivity index (χ4n) is 2.32. The van der Waals surface area contributed by atoms with Gasteiger partial charge in [-0.1, -0.05) is 47.0 Å². The standard InChI is InChI=1S/C18H33NO2/c1-5-7-8-16(6-2)12-20-14-18-9-17(13-21-18)11-19-10-15(3)4/h9,13,15-16,19H,5-8,10-12,14H2,1-4H3. The third-order valence-corrected chi connectivity index (χ3v) is 3.73. The van der Waals surface area contributed by atoms with Gasteiger partial charge in [0.1, 0.15) is 12.4 Å². The van der Waals surface area contributed by atoms with Gasteiger partial charge in [0.05, 0.1) is 6.26 Å². The molecule has 0 aliphatic carbocycles. The van der Waals surface area contributed by atoms with E-state index >= 15 is 0 Å². The Morgan fingerprint density at radius 3 is 2.76 bits per heavy atom. The van der Waals surface area contributed by atoms with E-state index in [2.05, 4.69) is 39.1 Å². The number of hydrogen-bond donors (Lipinski definition) is 1. The van der Waals surface area contributed by atoms with Gasteiger partial charge in [-0.2, -0.15) is 0 Å². The highest BCUT2D eigenvalue weighted by atomic mass is 16.5. The SMILES string of the molecule is CCCCC(CC)COCc1cc(CNCC(C)C)co1. The smallest absolute Gasteiger partial charge is 0.129 e. The van der Waals surface area contributed by atoms with Crippen LogP contribution in [0.3, 0.4) is 0 Å². The van der Waals surface area contributed by atoms with E-state index in [4.69, 9.17) is 9.15 Å². The molecule has 0 aromatic carbocycles. The molecule has 0 fully saturated rings. The van der Waals surface area contributed by atoms with Gasteiger partial charge >= 0.3 is 0 Å². The molecule has 0 aliphatic rings. The first kappa shape index (κ1) is 18.2. The summed E-state index contributed by atoms with van der Waals surface area (Å²) in [5.74, 6) is 2.29. The van der Waals surface area contributed by atoms with Crippen molar-refractivity contribution in [3.63, 3.8) is 0 Å². The minimum Gasteiger partial charge on any atom is -0.467 e. The molecule has 3 nitrogen and oxygen atoms in total.